The molecule has 4 nitrogen and oxygen atoms in total. The quantitative estimate of drug-likeness (QED) is 0.514. The Hall–Kier alpha value is -0.420. The van der Waals surface area contributed by atoms with E-state index in [1.165, 1.54) is 6.08 Å². The molecular formula is C9H14O4. The summed E-state index contributed by atoms with van der Waals surface area (Å²) < 4.78 is 10.9. The van der Waals surface area contributed by atoms with E-state index in [4.69, 9.17) is 9.47 Å². The van der Waals surface area contributed by atoms with E-state index in [-0.39, 0.29) is 6.10 Å². The summed E-state index contributed by atoms with van der Waals surface area (Å²) in [5, 5.41) is 18.9. The Kier molecular flexibility index (Phi) is 1.96. The van der Waals surface area contributed by atoms with Gasteiger partial charge in [-0.25, -0.2) is 0 Å². The van der Waals surface area contributed by atoms with E-state index < -0.39 is 24.1 Å². The van der Waals surface area contributed by atoms with Crippen LogP contribution in [0.15, 0.2) is 12.2 Å². The number of aliphatic hydroxyl groups excluding tert-OH is 2. The third-order valence-corrected chi connectivity index (χ3v) is 2.35. The van der Waals surface area contributed by atoms with Gasteiger partial charge in [0.2, 0.25) is 0 Å². The first-order valence-electron chi connectivity index (χ1n) is 4.40. The lowest BCUT2D eigenvalue weighted by Crippen LogP contribution is -2.44. The minimum Gasteiger partial charge on any atom is -0.387 e. The molecule has 0 radical (unpaired) electrons. The number of rotatable bonds is 0. The Morgan fingerprint density at radius 2 is 1.85 bits per heavy atom. The van der Waals surface area contributed by atoms with Crippen LogP contribution in [0.5, 0.6) is 0 Å². The van der Waals surface area contributed by atoms with Crippen LogP contribution in [0.25, 0.3) is 0 Å². The Morgan fingerprint density at radius 1 is 1.15 bits per heavy atom. The fourth-order valence-corrected chi connectivity index (χ4v) is 1.76. The molecule has 0 aromatic carbocycles. The Morgan fingerprint density at radius 3 is 2.54 bits per heavy atom. The van der Waals surface area contributed by atoms with Crippen LogP contribution in [-0.4, -0.2) is 40.4 Å². The zero-order valence-corrected chi connectivity index (χ0v) is 7.68. The Labute approximate surface area is 76.8 Å². The normalized spacial score (nSPS) is 47.7. The molecule has 1 saturated heterocycles. The maximum atomic E-state index is 9.57. The zero-order valence-electron chi connectivity index (χ0n) is 7.68. The van der Waals surface area contributed by atoms with Crippen molar-refractivity contribution in [3.63, 3.8) is 0 Å². The SMILES string of the molecule is CC1(C)O[C@H]2[C@H](O)[C@H](O)C=C[C@H]2O1. The lowest BCUT2D eigenvalue weighted by molar-refractivity contribution is -0.158. The number of aliphatic hydroxyl groups is 2. The molecule has 4 heteroatoms. The third kappa shape index (κ3) is 1.50. The molecule has 1 heterocycles. The molecule has 13 heavy (non-hydrogen) atoms. The van der Waals surface area contributed by atoms with Crippen LogP contribution < -0.4 is 0 Å². The van der Waals surface area contributed by atoms with Crippen molar-refractivity contribution < 1.29 is 19.7 Å². The van der Waals surface area contributed by atoms with Crippen LogP contribution in [0.1, 0.15) is 13.8 Å². The highest BCUT2D eigenvalue weighted by molar-refractivity contribution is 5.11. The smallest absolute Gasteiger partial charge is 0.164 e. The number of fused-ring (bicyclic) bond motifs is 1. The maximum absolute atomic E-state index is 9.57. The van der Waals surface area contributed by atoms with Crippen LogP contribution in [0.3, 0.4) is 0 Å². The summed E-state index contributed by atoms with van der Waals surface area (Å²) >= 11 is 0. The lowest BCUT2D eigenvalue weighted by atomic mass is 9.97. The second-order valence-corrected chi connectivity index (χ2v) is 3.93. The van der Waals surface area contributed by atoms with Gasteiger partial charge >= 0.3 is 0 Å². The van der Waals surface area contributed by atoms with Crippen LogP contribution in [-0.2, 0) is 9.47 Å². The summed E-state index contributed by atoms with van der Waals surface area (Å²) in [6.07, 6.45) is 0.840. The van der Waals surface area contributed by atoms with Gasteiger partial charge in [0.15, 0.2) is 5.79 Å². The minimum absolute atomic E-state index is 0.242. The predicted molar refractivity (Wildman–Crippen MR) is 45.0 cm³/mol. The Bertz CT molecular complexity index is 236. The first kappa shape index (κ1) is 9.15. The van der Waals surface area contributed by atoms with Gasteiger partial charge in [0.05, 0.1) is 0 Å². The van der Waals surface area contributed by atoms with Gasteiger partial charge < -0.3 is 19.7 Å². The molecule has 2 rings (SSSR count). The molecule has 4 atom stereocenters. The monoisotopic (exact) mass is 186 g/mol. The molecule has 1 aliphatic heterocycles. The van der Waals surface area contributed by atoms with Gasteiger partial charge in [0, 0.05) is 0 Å². The van der Waals surface area contributed by atoms with Crippen molar-refractivity contribution >= 4 is 0 Å². The van der Waals surface area contributed by atoms with Gasteiger partial charge in [-0.1, -0.05) is 12.2 Å². The van der Waals surface area contributed by atoms with Gasteiger partial charge in [0.1, 0.15) is 24.4 Å². The van der Waals surface area contributed by atoms with Crippen molar-refractivity contribution in [2.45, 2.75) is 44.1 Å². The summed E-state index contributed by atoms with van der Waals surface area (Å²) in [5.41, 5.74) is 0. The second kappa shape index (κ2) is 2.78. The summed E-state index contributed by atoms with van der Waals surface area (Å²) in [6.45, 7) is 3.58. The highest BCUT2D eigenvalue weighted by Gasteiger charge is 2.47. The zero-order chi connectivity index (χ0) is 9.64. The topological polar surface area (TPSA) is 58.9 Å². The van der Waals surface area contributed by atoms with Gasteiger partial charge in [-0.2, -0.15) is 0 Å². The molecular weight excluding hydrogens is 172 g/mol. The molecule has 0 bridgehead atoms. The molecule has 74 valence electrons. The molecule has 0 unspecified atom stereocenters. The van der Waals surface area contributed by atoms with E-state index in [9.17, 15) is 10.2 Å². The lowest BCUT2D eigenvalue weighted by Gasteiger charge is -2.27. The third-order valence-electron chi connectivity index (χ3n) is 2.35. The van der Waals surface area contributed by atoms with Crippen LogP contribution >= 0.6 is 0 Å². The molecule has 0 saturated carbocycles. The highest BCUT2D eigenvalue weighted by atomic mass is 16.8. The van der Waals surface area contributed by atoms with E-state index >= 15 is 0 Å². The fraction of sp³-hybridized carbons (Fsp3) is 0.778. The molecule has 2 N–H and O–H groups in total. The standard InChI is InChI=1S/C9H14O4/c1-9(2)12-6-4-3-5(10)7(11)8(6)13-9/h3-8,10-11H,1-2H3/t5-,6-,7-,8-/m1/s1. The van der Waals surface area contributed by atoms with Gasteiger partial charge in [-0.05, 0) is 13.8 Å². The Balaban J connectivity index is 2.19. The molecule has 0 amide bonds. The number of hydrogen-bond donors (Lipinski definition) is 2. The van der Waals surface area contributed by atoms with E-state index in [1.807, 2.05) is 0 Å². The molecule has 2 aliphatic rings. The van der Waals surface area contributed by atoms with Crippen molar-refractivity contribution in [3.8, 4) is 0 Å². The summed E-state index contributed by atoms with van der Waals surface area (Å²) in [4.78, 5) is 0. The van der Waals surface area contributed by atoms with Crippen LogP contribution in [0.2, 0.25) is 0 Å². The fourth-order valence-electron chi connectivity index (χ4n) is 1.76. The van der Waals surface area contributed by atoms with E-state index in [2.05, 4.69) is 0 Å². The average Bonchev–Trinajstić information content (AvgIpc) is 2.34. The summed E-state index contributed by atoms with van der Waals surface area (Å²) in [7, 11) is 0. The van der Waals surface area contributed by atoms with Crippen molar-refractivity contribution in [2.75, 3.05) is 0 Å². The predicted octanol–water partition coefficient (Wildman–Crippen LogP) is -0.202. The molecule has 0 spiro atoms. The molecule has 1 aliphatic carbocycles. The molecule has 0 aromatic heterocycles. The van der Waals surface area contributed by atoms with Crippen molar-refractivity contribution in [2.24, 2.45) is 0 Å². The van der Waals surface area contributed by atoms with Gasteiger partial charge in [-0.3, -0.25) is 0 Å². The van der Waals surface area contributed by atoms with E-state index in [0.717, 1.165) is 0 Å². The first-order chi connectivity index (χ1) is 5.99. The van der Waals surface area contributed by atoms with E-state index in [1.54, 1.807) is 19.9 Å². The second-order valence-electron chi connectivity index (χ2n) is 3.93. The van der Waals surface area contributed by atoms with Crippen molar-refractivity contribution in [3.05, 3.63) is 12.2 Å². The largest absolute Gasteiger partial charge is 0.387 e. The van der Waals surface area contributed by atoms with Crippen molar-refractivity contribution in [1.29, 1.82) is 0 Å². The first-order valence-corrected chi connectivity index (χ1v) is 4.40. The highest BCUT2D eigenvalue weighted by Crippen LogP contribution is 2.33. The average molecular weight is 186 g/mol. The van der Waals surface area contributed by atoms with Gasteiger partial charge in [-0.15, -0.1) is 0 Å². The molecule has 1 fully saturated rings. The van der Waals surface area contributed by atoms with Crippen molar-refractivity contribution in [1.82, 2.24) is 0 Å². The minimum atomic E-state index is -0.892. The number of ether oxygens (including phenoxy) is 2. The van der Waals surface area contributed by atoms with E-state index in [0.29, 0.717) is 0 Å². The van der Waals surface area contributed by atoms with Crippen LogP contribution in [0.4, 0.5) is 0 Å². The summed E-state index contributed by atoms with van der Waals surface area (Å²) in [5.74, 6) is -0.676. The maximum Gasteiger partial charge on any atom is 0.164 e. The summed E-state index contributed by atoms with van der Waals surface area (Å²) in [6, 6.07) is 0. The number of hydrogen-bond acceptors (Lipinski definition) is 4. The van der Waals surface area contributed by atoms with Crippen LogP contribution in [0, 0.1) is 0 Å². The van der Waals surface area contributed by atoms with Gasteiger partial charge in [0.25, 0.3) is 0 Å². The molecule has 0 aromatic rings.